The van der Waals surface area contributed by atoms with Crippen LogP contribution in [0.2, 0.25) is 0 Å². The number of aromatic hydroxyl groups is 1. The quantitative estimate of drug-likeness (QED) is 0.135. The molecule has 3 aromatic carbocycles. The fraction of sp³-hybridized carbons (Fsp3) is 0.0588. The van der Waals surface area contributed by atoms with Gasteiger partial charge in [0.15, 0.2) is 5.75 Å². The number of phenols is 1. The Hall–Kier alpha value is -2.77. The minimum Gasteiger partial charge on any atom is -0.507 e. The van der Waals surface area contributed by atoms with Crippen molar-refractivity contribution in [3.05, 3.63) is 52.6 Å². The number of ether oxygens (including phenoxy) is 1. The molecule has 30 heavy (non-hydrogen) atoms. The number of nitrogens with two attached hydrogens (primary N) is 1. The molecule has 0 atom stereocenters. The molecule has 0 aromatic heterocycles. The number of nitrogen functional groups attached to an aromatic ring is 1. The Morgan fingerprint density at radius 1 is 1.13 bits per heavy atom. The molecule has 0 aliphatic rings. The predicted octanol–water partition coefficient (Wildman–Crippen LogP) is 3.33. The van der Waals surface area contributed by atoms with Crippen LogP contribution >= 0.6 is 0 Å². The van der Waals surface area contributed by atoms with Crippen molar-refractivity contribution < 1.29 is 27.7 Å². The van der Waals surface area contributed by atoms with Gasteiger partial charge >= 0.3 is 0 Å². The van der Waals surface area contributed by atoms with E-state index in [4.69, 9.17) is 10.5 Å². The molecule has 151 valence electrons. The Labute approximate surface area is 192 Å². The first kappa shape index (κ1) is 23.5. The summed E-state index contributed by atoms with van der Waals surface area (Å²) in [6.45, 7) is 0. The Kier molecular flexibility index (Phi) is 7.00. The molecular formula is C17H14N4NaO7S. The molecule has 0 fully saturated rings. The van der Waals surface area contributed by atoms with Crippen molar-refractivity contribution in [1.29, 1.82) is 0 Å². The van der Waals surface area contributed by atoms with Crippen molar-refractivity contribution in [3.63, 3.8) is 0 Å². The normalized spacial score (nSPS) is 11.4. The van der Waals surface area contributed by atoms with Crippen molar-refractivity contribution in [3.8, 4) is 11.5 Å². The maximum absolute atomic E-state index is 11.4. The summed E-state index contributed by atoms with van der Waals surface area (Å²) in [5, 5.41) is 29.5. The summed E-state index contributed by atoms with van der Waals surface area (Å²) in [7, 11) is -3.22. The Bertz CT molecular complexity index is 1280. The number of hydrogen-bond donors (Lipinski definition) is 3. The van der Waals surface area contributed by atoms with E-state index in [1.165, 1.54) is 37.4 Å². The van der Waals surface area contributed by atoms with Crippen LogP contribution in [0.25, 0.3) is 10.8 Å². The molecule has 0 amide bonds. The van der Waals surface area contributed by atoms with Gasteiger partial charge in [-0.05, 0) is 23.6 Å². The summed E-state index contributed by atoms with van der Waals surface area (Å²) < 4.78 is 37.0. The number of rotatable bonds is 5. The molecule has 3 rings (SSSR count). The SMILES string of the molecule is COc1cc([N+](=O)[O-])ccc1N=Nc1c(N)ccc2cc(S(=O)(=O)O)cc(O)c12.[Na]. The van der Waals surface area contributed by atoms with E-state index in [1.54, 1.807) is 0 Å². The van der Waals surface area contributed by atoms with Crippen molar-refractivity contribution >= 4 is 73.2 Å². The molecule has 0 saturated heterocycles. The maximum atomic E-state index is 11.4. The molecule has 0 heterocycles. The van der Waals surface area contributed by atoms with Crippen LogP contribution in [0.1, 0.15) is 0 Å². The predicted molar refractivity (Wildman–Crippen MR) is 109 cm³/mol. The number of phenolic OH excluding ortho intramolecular Hbond substituents is 1. The molecule has 0 unspecified atom stereocenters. The number of anilines is 1. The number of hydrogen-bond acceptors (Lipinski definition) is 9. The van der Waals surface area contributed by atoms with Crippen LogP contribution < -0.4 is 10.5 Å². The summed E-state index contributed by atoms with van der Waals surface area (Å²) in [6, 6.07) is 8.62. The fourth-order valence-corrected chi connectivity index (χ4v) is 3.17. The van der Waals surface area contributed by atoms with Gasteiger partial charge in [-0.1, -0.05) is 6.07 Å². The minimum absolute atomic E-state index is 0. The molecule has 13 heteroatoms. The number of fused-ring (bicyclic) bond motifs is 1. The molecule has 1 radical (unpaired) electrons. The van der Waals surface area contributed by atoms with E-state index in [0.29, 0.717) is 0 Å². The number of nitrogens with zero attached hydrogens (tertiary/aromatic N) is 3. The first-order chi connectivity index (χ1) is 13.6. The van der Waals surface area contributed by atoms with Gasteiger partial charge in [0.05, 0.1) is 34.1 Å². The summed E-state index contributed by atoms with van der Waals surface area (Å²) in [6.07, 6.45) is 0. The smallest absolute Gasteiger partial charge is 0.294 e. The second-order valence-corrected chi connectivity index (χ2v) is 7.25. The Balaban J connectivity index is 0.00000320. The molecule has 0 aliphatic heterocycles. The van der Waals surface area contributed by atoms with Crippen LogP contribution in [0.5, 0.6) is 11.5 Å². The number of benzene rings is 3. The van der Waals surface area contributed by atoms with Gasteiger partial charge in [0, 0.05) is 41.7 Å². The van der Waals surface area contributed by atoms with Gasteiger partial charge in [-0.25, -0.2) is 0 Å². The first-order valence-electron chi connectivity index (χ1n) is 7.88. The summed E-state index contributed by atoms with van der Waals surface area (Å²) in [4.78, 5) is 9.80. The molecule has 0 aliphatic carbocycles. The second-order valence-electron chi connectivity index (χ2n) is 5.83. The van der Waals surface area contributed by atoms with E-state index < -0.39 is 25.7 Å². The zero-order valence-corrected chi connectivity index (χ0v) is 18.6. The van der Waals surface area contributed by atoms with Gasteiger partial charge in [0.25, 0.3) is 15.8 Å². The number of nitro groups is 1. The van der Waals surface area contributed by atoms with Crippen LogP contribution in [0.3, 0.4) is 0 Å². The van der Waals surface area contributed by atoms with E-state index >= 15 is 0 Å². The zero-order valence-electron chi connectivity index (χ0n) is 15.8. The Morgan fingerprint density at radius 2 is 1.83 bits per heavy atom. The molecular weight excluding hydrogens is 427 g/mol. The van der Waals surface area contributed by atoms with Gasteiger partial charge in [-0.2, -0.15) is 8.42 Å². The van der Waals surface area contributed by atoms with Crippen LogP contribution in [-0.2, 0) is 10.1 Å². The number of methoxy groups -OCH3 is 1. The van der Waals surface area contributed by atoms with Gasteiger partial charge < -0.3 is 15.6 Å². The number of non-ortho nitro benzene ring substituents is 1. The van der Waals surface area contributed by atoms with Crippen molar-refractivity contribution in [1.82, 2.24) is 0 Å². The van der Waals surface area contributed by atoms with E-state index in [-0.39, 0.29) is 68.8 Å². The maximum Gasteiger partial charge on any atom is 0.294 e. The molecule has 4 N–H and O–H groups in total. The van der Waals surface area contributed by atoms with E-state index in [0.717, 1.165) is 12.1 Å². The molecule has 0 saturated carbocycles. The minimum atomic E-state index is -4.53. The van der Waals surface area contributed by atoms with E-state index in [1.807, 2.05) is 0 Å². The van der Waals surface area contributed by atoms with Gasteiger partial charge in [-0.3, -0.25) is 14.7 Å². The van der Waals surface area contributed by atoms with Crippen molar-refractivity contribution in [2.75, 3.05) is 12.8 Å². The number of azo groups is 1. The fourth-order valence-electron chi connectivity index (χ4n) is 2.64. The largest absolute Gasteiger partial charge is 0.507 e. The standard InChI is InChI=1S/C17H14N4O7S.Na/c1-28-15-7-10(21(23)24)3-5-13(15)19-20-17-12(18)4-2-9-6-11(29(25,26)27)8-14(22)16(9)17;/h2-8,22H,18H2,1H3,(H,25,26,27);. The van der Waals surface area contributed by atoms with Crippen LogP contribution in [0.15, 0.2) is 57.6 Å². The molecule has 0 spiro atoms. The topological polar surface area (TPSA) is 178 Å². The third-order valence-corrected chi connectivity index (χ3v) is 4.84. The second kappa shape index (κ2) is 8.93. The van der Waals surface area contributed by atoms with E-state index in [2.05, 4.69) is 10.2 Å². The molecule has 0 bridgehead atoms. The summed E-state index contributed by atoms with van der Waals surface area (Å²) in [5.41, 5.74) is 6.08. The average molecular weight is 441 g/mol. The van der Waals surface area contributed by atoms with Crippen molar-refractivity contribution in [2.45, 2.75) is 4.90 Å². The van der Waals surface area contributed by atoms with E-state index in [9.17, 15) is 28.2 Å². The van der Waals surface area contributed by atoms with Gasteiger partial charge in [0.2, 0.25) is 0 Å². The van der Waals surface area contributed by atoms with Crippen LogP contribution in [0, 0.1) is 10.1 Å². The molecule has 3 aromatic rings. The monoisotopic (exact) mass is 441 g/mol. The first-order valence-corrected chi connectivity index (χ1v) is 9.32. The van der Waals surface area contributed by atoms with Crippen LogP contribution in [0.4, 0.5) is 22.7 Å². The summed E-state index contributed by atoms with van der Waals surface area (Å²) in [5.74, 6) is -0.383. The van der Waals surface area contributed by atoms with Crippen molar-refractivity contribution in [2.24, 2.45) is 10.2 Å². The zero-order chi connectivity index (χ0) is 21.3. The number of nitro benzene ring substituents is 1. The molecule has 11 nitrogen and oxygen atoms in total. The summed E-state index contributed by atoms with van der Waals surface area (Å²) >= 11 is 0. The average Bonchev–Trinajstić information content (AvgIpc) is 2.66. The van der Waals surface area contributed by atoms with Crippen LogP contribution in [-0.4, -0.2) is 59.7 Å². The van der Waals surface area contributed by atoms with Gasteiger partial charge in [0.1, 0.15) is 17.1 Å². The van der Waals surface area contributed by atoms with Gasteiger partial charge in [-0.15, -0.1) is 10.2 Å². The third kappa shape index (κ3) is 4.68. The third-order valence-electron chi connectivity index (χ3n) is 4.00. The Morgan fingerprint density at radius 3 is 2.43 bits per heavy atom.